The second-order valence-electron chi connectivity index (χ2n) is 28.0. The molecule has 0 saturated heterocycles. The number of carbonyl (C=O) groups excluding carboxylic acids is 2. The second kappa shape index (κ2) is 81.4. The number of hydrogen-bond acceptors (Lipinski definition) is 8. The molecule has 0 amide bonds. The molecule has 0 bridgehead atoms. The lowest BCUT2D eigenvalue weighted by Gasteiger charge is -2.28. The summed E-state index contributed by atoms with van der Waals surface area (Å²) in [6.45, 7) is 3.99. The molecular weight excluding hydrogens is 1300 g/mol. The molecule has 9 nitrogen and oxygen atoms in total. The molecule has 0 saturated carbocycles. The molecule has 0 heterocycles. The van der Waals surface area contributed by atoms with Gasteiger partial charge < -0.3 is 27.9 Å². The molecule has 10 heteroatoms. The van der Waals surface area contributed by atoms with Crippen LogP contribution in [0.5, 0.6) is 0 Å². The fourth-order valence-corrected chi connectivity index (χ4v) is 11.5. The van der Waals surface area contributed by atoms with Crippen LogP contribution in [-0.4, -0.2) is 70.0 Å². The summed E-state index contributed by atoms with van der Waals surface area (Å²) in [5, 5.41) is 0. The number of esters is 2. The van der Waals surface area contributed by atoms with Crippen LogP contribution < -0.4 is 4.89 Å². The zero-order chi connectivity index (χ0) is 75.4. The standard InChI is InChI=1S/C94H152NO8P/c1-6-8-10-12-14-16-18-20-22-24-26-28-30-32-34-36-38-40-42-44-46-47-49-51-53-55-57-59-61-63-65-67-69-71-73-75-77-79-81-83-85-87-94(97)103-92(91-102-104(98,99)101-89-88-95(3,4)5)90-100-93(96)86-84-82-80-78-76-74-72-70-68-66-64-62-60-58-56-54-52-50-48-45-43-41-39-37-35-33-31-29-27-25-23-21-19-17-15-13-11-9-7-2/h8-11,14-17,20-23,26-29,32-35,38-41,44-46,48-49,51,55,57,61,63,67,69,92H,6-7,12-13,18-19,24-25,30-31,36-37,42-43,47,50,52-54,56,58-60,62,64-66,68,70-91H2,1-5H3/b10-8-,11-9-,16-14-,17-15-,22-20-,23-21-,28-26-,29-27-,34-32-,35-33-,40-38-,41-39-,46-44-,48-45-,51-49-,57-55-,63-61-,69-67-. The van der Waals surface area contributed by atoms with E-state index in [4.69, 9.17) is 18.5 Å². The number of phosphoric acid groups is 1. The average molecular weight is 1460 g/mol. The Morgan fingerprint density at radius 1 is 0.298 bits per heavy atom. The summed E-state index contributed by atoms with van der Waals surface area (Å²) >= 11 is 0. The molecule has 0 aromatic carbocycles. The highest BCUT2D eigenvalue weighted by Crippen LogP contribution is 2.38. The van der Waals surface area contributed by atoms with Crippen LogP contribution in [0, 0.1) is 0 Å². The first-order valence-corrected chi connectivity index (χ1v) is 42.9. The number of nitrogens with zero attached hydrogens (tertiary/aromatic N) is 1. The van der Waals surface area contributed by atoms with Crippen LogP contribution >= 0.6 is 7.82 Å². The maximum absolute atomic E-state index is 12.9. The van der Waals surface area contributed by atoms with Crippen LogP contribution in [-0.2, 0) is 32.7 Å². The van der Waals surface area contributed by atoms with Crippen molar-refractivity contribution in [3.8, 4) is 0 Å². The number of likely N-dealkylation sites (N-methyl/N-ethyl adjacent to an activating group) is 1. The quantitative estimate of drug-likeness (QED) is 0.0195. The molecule has 586 valence electrons. The molecule has 0 N–H and O–H groups in total. The topological polar surface area (TPSA) is 111 Å². The normalized spacial score (nSPS) is 14.2. The summed E-state index contributed by atoms with van der Waals surface area (Å²) < 4.78 is 34.4. The summed E-state index contributed by atoms with van der Waals surface area (Å²) in [6, 6.07) is 0. The van der Waals surface area contributed by atoms with E-state index < -0.39 is 32.5 Å². The monoisotopic (exact) mass is 1450 g/mol. The van der Waals surface area contributed by atoms with E-state index in [1.54, 1.807) is 0 Å². The first kappa shape index (κ1) is 98.3. The van der Waals surface area contributed by atoms with Gasteiger partial charge in [-0.3, -0.25) is 14.2 Å². The molecule has 2 atom stereocenters. The molecule has 0 aliphatic carbocycles. The average Bonchev–Trinajstić information content (AvgIpc) is 0.920. The Morgan fingerprint density at radius 2 is 0.519 bits per heavy atom. The molecule has 0 aromatic heterocycles. The van der Waals surface area contributed by atoms with Crippen molar-refractivity contribution in [2.24, 2.45) is 0 Å². The highest BCUT2D eigenvalue weighted by Gasteiger charge is 2.22. The van der Waals surface area contributed by atoms with Crippen molar-refractivity contribution in [1.29, 1.82) is 0 Å². The number of quaternary nitrogens is 1. The minimum atomic E-state index is -4.66. The number of allylic oxidation sites excluding steroid dienone is 36. The van der Waals surface area contributed by atoms with Crippen molar-refractivity contribution in [2.45, 2.75) is 315 Å². The lowest BCUT2D eigenvalue weighted by atomic mass is 10.0. The summed E-state index contributed by atoms with van der Waals surface area (Å²) in [7, 11) is 1.14. The van der Waals surface area contributed by atoms with Crippen molar-refractivity contribution in [3.63, 3.8) is 0 Å². The first-order chi connectivity index (χ1) is 51.0. The van der Waals surface area contributed by atoms with Crippen LogP contribution in [0.3, 0.4) is 0 Å². The van der Waals surface area contributed by atoms with Crippen molar-refractivity contribution in [3.05, 3.63) is 219 Å². The van der Waals surface area contributed by atoms with Gasteiger partial charge in [-0.25, -0.2) is 0 Å². The lowest BCUT2D eigenvalue weighted by molar-refractivity contribution is -0.870. The van der Waals surface area contributed by atoms with E-state index in [0.717, 1.165) is 167 Å². The highest BCUT2D eigenvalue weighted by atomic mass is 31.2. The molecule has 0 aliphatic rings. The zero-order valence-electron chi connectivity index (χ0n) is 66.9. The smallest absolute Gasteiger partial charge is 0.306 e. The Labute approximate surface area is 639 Å². The molecule has 0 aliphatic heterocycles. The highest BCUT2D eigenvalue weighted by molar-refractivity contribution is 7.45. The van der Waals surface area contributed by atoms with E-state index >= 15 is 0 Å². The van der Waals surface area contributed by atoms with Gasteiger partial charge in [-0.15, -0.1) is 0 Å². The number of hydrogen-bond donors (Lipinski definition) is 0. The molecule has 0 aromatic rings. The van der Waals surface area contributed by atoms with Gasteiger partial charge in [0.05, 0.1) is 27.7 Å². The van der Waals surface area contributed by atoms with Gasteiger partial charge in [-0.05, 0) is 154 Å². The van der Waals surface area contributed by atoms with Gasteiger partial charge in [0.25, 0.3) is 7.82 Å². The number of carbonyl (C=O) groups is 2. The largest absolute Gasteiger partial charge is 0.756 e. The SMILES string of the molecule is CC/C=C\C/C=C\C/C=C\C/C=C\C/C=C\C/C=C\C/C=C\C/C=C\C/C=C\C/C=C\C/C=C\CCCCCCCCCC(=O)OC(COC(=O)CCCCCCCCCCCCCCCCCCC/C=C\C/C=C\C/C=C\C/C=C\C/C=C\C/C=C\C/C=C\CC)COP(=O)([O-])OCC[N+](C)(C)C. The fraction of sp³-hybridized carbons (Fsp3) is 0.596. The molecule has 104 heavy (non-hydrogen) atoms. The van der Waals surface area contributed by atoms with Gasteiger partial charge in [0, 0.05) is 12.8 Å². The first-order valence-electron chi connectivity index (χ1n) is 41.4. The molecule has 0 spiro atoms. The minimum Gasteiger partial charge on any atom is -0.756 e. The number of ether oxygens (including phenoxy) is 2. The summed E-state index contributed by atoms with van der Waals surface area (Å²) in [5.41, 5.74) is 0. The second-order valence-corrected chi connectivity index (χ2v) is 29.4. The Bertz CT molecular complexity index is 2570. The van der Waals surface area contributed by atoms with E-state index in [9.17, 15) is 19.0 Å². The van der Waals surface area contributed by atoms with E-state index in [1.165, 1.54) is 109 Å². The Balaban J connectivity index is 4.06. The fourth-order valence-electron chi connectivity index (χ4n) is 10.8. The maximum atomic E-state index is 12.9. The molecule has 0 radical (unpaired) electrons. The van der Waals surface area contributed by atoms with Crippen LogP contribution in [0.1, 0.15) is 309 Å². The third-order valence-electron chi connectivity index (χ3n) is 17.0. The van der Waals surface area contributed by atoms with E-state index in [1.807, 2.05) is 21.1 Å². The number of unbranched alkanes of at least 4 members (excludes halogenated alkanes) is 24. The third-order valence-corrected chi connectivity index (χ3v) is 18.0. The third kappa shape index (κ3) is 85.3. The molecule has 0 rings (SSSR count). The minimum absolute atomic E-state index is 0.0425. The van der Waals surface area contributed by atoms with Crippen LogP contribution in [0.15, 0.2) is 219 Å². The number of rotatable bonds is 74. The summed E-state index contributed by atoms with van der Waals surface area (Å²) in [6.07, 6.45) is 129. The van der Waals surface area contributed by atoms with Crippen molar-refractivity contribution < 1.29 is 42.1 Å². The summed E-state index contributed by atoms with van der Waals surface area (Å²) in [5.74, 6) is -0.852. The van der Waals surface area contributed by atoms with E-state index in [2.05, 4.69) is 233 Å². The summed E-state index contributed by atoms with van der Waals surface area (Å²) in [4.78, 5) is 38.2. The van der Waals surface area contributed by atoms with Crippen molar-refractivity contribution in [2.75, 3.05) is 47.5 Å². The van der Waals surface area contributed by atoms with Gasteiger partial charge >= 0.3 is 11.9 Å². The van der Waals surface area contributed by atoms with Gasteiger partial charge in [0.15, 0.2) is 6.10 Å². The van der Waals surface area contributed by atoms with Gasteiger partial charge in [0.1, 0.15) is 19.8 Å². The lowest BCUT2D eigenvalue weighted by Crippen LogP contribution is -2.37. The predicted molar refractivity (Wildman–Crippen MR) is 451 cm³/mol. The molecule has 2 unspecified atom stereocenters. The molecule has 0 fully saturated rings. The van der Waals surface area contributed by atoms with Gasteiger partial charge in [-0.1, -0.05) is 361 Å². The van der Waals surface area contributed by atoms with Crippen molar-refractivity contribution >= 4 is 19.8 Å². The Hall–Kier alpha value is -5.67. The van der Waals surface area contributed by atoms with Crippen LogP contribution in [0.25, 0.3) is 0 Å². The van der Waals surface area contributed by atoms with Gasteiger partial charge in [-0.2, -0.15) is 0 Å². The van der Waals surface area contributed by atoms with Gasteiger partial charge in [0.2, 0.25) is 0 Å². The Morgan fingerprint density at radius 3 is 0.769 bits per heavy atom. The predicted octanol–water partition coefficient (Wildman–Crippen LogP) is 27.6. The number of phosphoric ester groups is 1. The van der Waals surface area contributed by atoms with E-state index in [0.29, 0.717) is 17.4 Å². The van der Waals surface area contributed by atoms with Crippen LogP contribution in [0.4, 0.5) is 0 Å². The van der Waals surface area contributed by atoms with Crippen molar-refractivity contribution in [1.82, 2.24) is 0 Å². The maximum Gasteiger partial charge on any atom is 0.306 e. The molecular formula is C94H152NO8P. The van der Waals surface area contributed by atoms with Crippen LogP contribution in [0.2, 0.25) is 0 Å². The Kier molecular flexibility index (Phi) is 77.0. The zero-order valence-corrected chi connectivity index (χ0v) is 67.8. The van der Waals surface area contributed by atoms with E-state index in [-0.39, 0.29) is 26.1 Å².